The van der Waals surface area contributed by atoms with Crippen molar-refractivity contribution in [2.75, 3.05) is 40.8 Å². The van der Waals surface area contributed by atoms with E-state index in [1.165, 1.54) is 28.2 Å². The fourth-order valence-corrected chi connectivity index (χ4v) is 5.60. The molecule has 0 unspecified atom stereocenters. The number of hydrogen-bond acceptors (Lipinski definition) is 8. The van der Waals surface area contributed by atoms with Gasteiger partial charge in [-0.25, -0.2) is 4.98 Å². The third kappa shape index (κ3) is 9.58. The number of aromatic nitrogens is 1. The van der Waals surface area contributed by atoms with Gasteiger partial charge in [-0.1, -0.05) is 44.2 Å². The lowest BCUT2D eigenvalue weighted by Crippen LogP contribution is -2.57. The van der Waals surface area contributed by atoms with Gasteiger partial charge in [0.1, 0.15) is 28.8 Å². The highest BCUT2D eigenvalue weighted by Crippen LogP contribution is 2.16. The first kappa shape index (κ1) is 33.7. The van der Waals surface area contributed by atoms with E-state index >= 15 is 0 Å². The molecule has 43 heavy (non-hydrogen) atoms. The molecule has 0 aliphatic carbocycles. The van der Waals surface area contributed by atoms with Crippen molar-refractivity contribution >= 4 is 40.9 Å². The van der Waals surface area contributed by atoms with Gasteiger partial charge in [0.05, 0.1) is 6.54 Å². The van der Waals surface area contributed by atoms with Crippen LogP contribution in [0.4, 0.5) is 0 Å². The van der Waals surface area contributed by atoms with Crippen molar-refractivity contribution in [3.63, 3.8) is 0 Å². The van der Waals surface area contributed by atoms with Crippen LogP contribution in [0.2, 0.25) is 0 Å². The molecular formula is C30H43N7O5S. The fourth-order valence-electron chi connectivity index (χ4n) is 4.71. The summed E-state index contributed by atoms with van der Waals surface area (Å²) in [6.07, 6.45) is 0.618. The van der Waals surface area contributed by atoms with Gasteiger partial charge in [0.25, 0.3) is 5.91 Å². The quantitative estimate of drug-likeness (QED) is 0.439. The van der Waals surface area contributed by atoms with E-state index in [1.807, 2.05) is 49.3 Å². The first-order valence-corrected chi connectivity index (χ1v) is 15.3. The Morgan fingerprint density at radius 1 is 1.09 bits per heavy atom. The van der Waals surface area contributed by atoms with Gasteiger partial charge in [0.15, 0.2) is 0 Å². The maximum atomic E-state index is 13.6. The van der Waals surface area contributed by atoms with Crippen molar-refractivity contribution in [2.24, 2.45) is 5.92 Å². The lowest BCUT2D eigenvalue weighted by atomic mass is 10.0. The largest absolute Gasteiger partial charge is 0.354 e. The number of carbonyl (C=O) groups excluding carboxylic acids is 5. The van der Waals surface area contributed by atoms with Gasteiger partial charge in [0.2, 0.25) is 23.6 Å². The second-order valence-corrected chi connectivity index (χ2v) is 12.4. The van der Waals surface area contributed by atoms with Crippen LogP contribution in [0.15, 0.2) is 35.7 Å². The van der Waals surface area contributed by atoms with Crippen molar-refractivity contribution < 1.29 is 24.0 Å². The second-order valence-electron chi connectivity index (χ2n) is 11.4. The van der Waals surface area contributed by atoms with E-state index < -0.39 is 41.8 Å². The molecule has 0 radical (unpaired) electrons. The Bertz CT molecular complexity index is 1280. The van der Waals surface area contributed by atoms with Crippen LogP contribution in [-0.2, 0) is 32.1 Å². The Morgan fingerprint density at radius 3 is 2.44 bits per heavy atom. The third-order valence-corrected chi connectivity index (χ3v) is 7.96. The lowest BCUT2D eigenvalue weighted by Gasteiger charge is -2.32. The zero-order valence-corrected chi connectivity index (χ0v) is 26.6. The van der Waals surface area contributed by atoms with E-state index in [-0.39, 0.29) is 43.6 Å². The van der Waals surface area contributed by atoms with Gasteiger partial charge in [0, 0.05) is 38.5 Å². The zero-order chi connectivity index (χ0) is 31.7. The molecule has 2 aromatic rings. The molecule has 5 amide bonds. The number of likely N-dealkylation sites (N-methyl/N-ethyl adjacent to an activating group) is 1. The van der Waals surface area contributed by atoms with Crippen molar-refractivity contribution in [1.29, 1.82) is 0 Å². The number of nitrogens with one attached hydrogen (secondary N) is 3. The SMILES string of the molecule is CC(C)[C@@H]1NC(=O)[C@@H](C)N(C(=O)c2csc(CN(C)C)n2)CCCNC(=O)[C@H](Cc2ccccc2)NC(=O)CN(C)C1=O. The van der Waals surface area contributed by atoms with Gasteiger partial charge >= 0.3 is 0 Å². The molecule has 2 heterocycles. The van der Waals surface area contributed by atoms with E-state index in [0.717, 1.165) is 10.6 Å². The molecule has 234 valence electrons. The summed E-state index contributed by atoms with van der Waals surface area (Å²) in [5.74, 6) is -2.52. The standard InChI is InChI=1S/C30H43N7O5S/c1-19(2)26-30(42)36(6)16-24(38)32-22(15-21-11-8-7-9-12-21)28(40)31-13-10-14-37(20(3)27(39)34-26)29(41)23-18-43-25(33-23)17-35(4)5/h7-9,11-12,18-20,22,26H,10,13-17H2,1-6H3,(H,31,40)(H,32,38)(H,34,39)/t20-,22+,26+/m1/s1. The van der Waals surface area contributed by atoms with Crippen LogP contribution in [-0.4, -0.2) is 108 Å². The molecule has 3 rings (SSSR count). The molecule has 1 aromatic carbocycles. The Kier molecular flexibility index (Phi) is 12.2. The predicted octanol–water partition coefficient (Wildman–Crippen LogP) is 0.882. The second kappa shape index (κ2) is 15.6. The van der Waals surface area contributed by atoms with Crippen LogP contribution in [0.5, 0.6) is 0 Å². The Morgan fingerprint density at radius 2 is 1.79 bits per heavy atom. The van der Waals surface area contributed by atoms with Crippen LogP contribution < -0.4 is 16.0 Å². The summed E-state index contributed by atoms with van der Waals surface area (Å²) < 4.78 is 0. The van der Waals surface area contributed by atoms with E-state index in [4.69, 9.17) is 0 Å². The van der Waals surface area contributed by atoms with E-state index in [9.17, 15) is 24.0 Å². The number of nitrogens with zero attached hydrogens (tertiary/aromatic N) is 4. The summed E-state index contributed by atoms with van der Waals surface area (Å²) in [4.78, 5) is 75.8. The van der Waals surface area contributed by atoms with Gasteiger partial charge in [-0.3, -0.25) is 24.0 Å². The maximum Gasteiger partial charge on any atom is 0.274 e. The minimum absolute atomic E-state index is 0.157. The highest BCUT2D eigenvalue weighted by Gasteiger charge is 2.34. The van der Waals surface area contributed by atoms with Gasteiger partial charge in [-0.05, 0) is 38.9 Å². The minimum Gasteiger partial charge on any atom is -0.354 e. The molecule has 13 heteroatoms. The molecule has 3 N–H and O–H groups in total. The highest BCUT2D eigenvalue weighted by molar-refractivity contribution is 7.09. The minimum atomic E-state index is -0.927. The highest BCUT2D eigenvalue weighted by atomic mass is 32.1. The molecule has 1 fully saturated rings. The average Bonchev–Trinajstić information content (AvgIpc) is 3.42. The molecule has 0 bridgehead atoms. The number of hydrogen-bond donors (Lipinski definition) is 3. The summed E-state index contributed by atoms with van der Waals surface area (Å²) in [7, 11) is 5.30. The summed E-state index contributed by atoms with van der Waals surface area (Å²) in [5, 5.41) is 10.9. The van der Waals surface area contributed by atoms with E-state index in [2.05, 4.69) is 20.9 Å². The lowest BCUT2D eigenvalue weighted by molar-refractivity contribution is -0.140. The maximum absolute atomic E-state index is 13.6. The molecule has 1 aliphatic heterocycles. The molecule has 3 atom stereocenters. The summed E-state index contributed by atoms with van der Waals surface area (Å²) in [5.41, 5.74) is 1.11. The molecule has 0 saturated carbocycles. The van der Waals surface area contributed by atoms with Gasteiger partial charge in [-0.15, -0.1) is 11.3 Å². The fraction of sp³-hybridized carbons (Fsp3) is 0.533. The zero-order valence-electron chi connectivity index (χ0n) is 25.8. The smallest absolute Gasteiger partial charge is 0.274 e. The molecule has 1 saturated heterocycles. The molecular weight excluding hydrogens is 570 g/mol. The number of thiazole rings is 1. The van der Waals surface area contributed by atoms with Gasteiger partial charge in [-0.2, -0.15) is 0 Å². The average molecular weight is 614 g/mol. The molecule has 12 nitrogen and oxygen atoms in total. The Balaban J connectivity index is 1.89. The topological polar surface area (TPSA) is 144 Å². The van der Waals surface area contributed by atoms with Crippen molar-refractivity contribution in [1.82, 2.24) is 35.6 Å². The summed E-state index contributed by atoms with van der Waals surface area (Å²) >= 11 is 1.37. The van der Waals surface area contributed by atoms with Crippen molar-refractivity contribution in [2.45, 2.75) is 58.3 Å². The third-order valence-electron chi connectivity index (χ3n) is 7.13. The van der Waals surface area contributed by atoms with E-state index in [0.29, 0.717) is 13.0 Å². The summed E-state index contributed by atoms with van der Waals surface area (Å²) in [6, 6.07) is 6.61. The van der Waals surface area contributed by atoms with Crippen LogP contribution in [0.1, 0.15) is 48.3 Å². The number of amides is 5. The van der Waals surface area contributed by atoms with Crippen LogP contribution >= 0.6 is 11.3 Å². The molecule has 1 aromatic heterocycles. The summed E-state index contributed by atoms with van der Waals surface area (Å²) in [6.45, 7) is 5.85. The number of benzene rings is 1. The Labute approximate surface area is 257 Å². The normalized spacial score (nSPS) is 21.5. The monoisotopic (exact) mass is 613 g/mol. The van der Waals surface area contributed by atoms with Crippen LogP contribution in [0.3, 0.4) is 0 Å². The van der Waals surface area contributed by atoms with E-state index in [1.54, 1.807) is 26.2 Å². The molecule has 0 spiro atoms. The predicted molar refractivity (Wildman–Crippen MR) is 164 cm³/mol. The van der Waals surface area contributed by atoms with Crippen molar-refractivity contribution in [3.05, 3.63) is 52.0 Å². The Hall–Kier alpha value is -3.84. The first-order chi connectivity index (χ1) is 20.4. The number of rotatable bonds is 6. The van der Waals surface area contributed by atoms with Gasteiger partial charge < -0.3 is 30.7 Å². The van der Waals surface area contributed by atoms with Crippen molar-refractivity contribution in [3.8, 4) is 0 Å². The first-order valence-electron chi connectivity index (χ1n) is 14.4. The van der Waals surface area contributed by atoms with Crippen LogP contribution in [0, 0.1) is 5.92 Å². The molecule has 1 aliphatic rings. The number of carbonyl (C=O) groups is 5. The van der Waals surface area contributed by atoms with Crippen LogP contribution in [0.25, 0.3) is 0 Å².